The first kappa shape index (κ1) is 8.01. The molecule has 0 saturated carbocycles. The lowest BCUT2D eigenvalue weighted by Gasteiger charge is -2.18. The second kappa shape index (κ2) is 2.51. The number of amides is 1. The Bertz CT molecular complexity index is 244. The maximum Gasteiger partial charge on any atom is 0.380 e. The molecule has 0 fully saturated rings. The van der Waals surface area contributed by atoms with Crippen molar-refractivity contribution in [2.75, 3.05) is 21.1 Å². The quantitative estimate of drug-likeness (QED) is 0.567. The standard InChI is InChI=1S/C8H12NO2/c1-9(2,3)8(10)7-5-4-6-11-7/h4-6H,1-3H3/q+1. The largest absolute Gasteiger partial charge is 0.455 e. The van der Waals surface area contributed by atoms with Crippen LogP contribution in [0.15, 0.2) is 22.8 Å². The van der Waals surface area contributed by atoms with Gasteiger partial charge in [0.15, 0.2) is 0 Å². The highest BCUT2D eigenvalue weighted by atomic mass is 16.3. The Kier molecular flexibility index (Phi) is 1.83. The van der Waals surface area contributed by atoms with Crippen LogP contribution in [-0.4, -0.2) is 31.5 Å². The maximum atomic E-state index is 11.4. The zero-order valence-electron chi connectivity index (χ0n) is 7.00. The van der Waals surface area contributed by atoms with Crippen molar-refractivity contribution in [3.05, 3.63) is 24.2 Å². The first-order valence-electron chi connectivity index (χ1n) is 3.41. The number of rotatable bonds is 1. The lowest BCUT2D eigenvalue weighted by molar-refractivity contribution is -0.785. The van der Waals surface area contributed by atoms with Gasteiger partial charge in [-0.3, -0.25) is 4.48 Å². The minimum atomic E-state index is -0.0185. The predicted octanol–water partition coefficient (Wildman–Crippen LogP) is 1.13. The molecule has 60 valence electrons. The molecule has 0 aliphatic carbocycles. The summed E-state index contributed by atoms with van der Waals surface area (Å²) in [7, 11) is 5.43. The summed E-state index contributed by atoms with van der Waals surface area (Å²) in [4.78, 5) is 11.4. The van der Waals surface area contributed by atoms with Crippen molar-refractivity contribution < 1.29 is 13.7 Å². The van der Waals surface area contributed by atoms with Gasteiger partial charge in [0, 0.05) is 0 Å². The molecule has 0 aliphatic heterocycles. The summed E-state index contributed by atoms with van der Waals surface area (Å²) in [6.45, 7) is 0. The molecule has 1 aromatic heterocycles. The second-order valence-electron chi connectivity index (χ2n) is 3.29. The lowest BCUT2D eigenvalue weighted by atomic mass is 10.4. The Hall–Kier alpha value is -1.09. The van der Waals surface area contributed by atoms with Crippen LogP contribution in [0.2, 0.25) is 0 Å². The topological polar surface area (TPSA) is 30.2 Å². The van der Waals surface area contributed by atoms with Crippen molar-refractivity contribution in [1.29, 1.82) is 0 Å². The second-order valence-corrected chi connectivity index (χ2v) is 3.29. The van der Waals surface area contributed by atoms with E-state index >= 15 is 0 Å². The van der Waals surface area contributed by atoms with Crippen LogP contribution in [0.3, 0.4) is 0 Å². The van der Waals surface area contributed by atoms with Crippen LogP contribution < -0.4 is 0 Å². The van der Waals surface area contributed by atoms with E-state index in [9.17, 15) is 4.79 Å². The first-order valence-corrected chi connectivity index (χ1v) is 3.41. The molecule has 0 bridgehead atoms. The van der Waals surface area contributed by atoms with Gasteiger partial charge in [-0.25, -0.2) is 4.79 Å². The number of hydrogen-bond acceptors (Lipinski definition) is 2. The average molecular weight is 154 g/mol. The third-order valence-corrected chi connectivity index (χ3v) is 1.34. The van der Waals surface area contributed by atoms with Crippen molar-refractivity contribution in [2.45, 2.75) is 0 Å². The van der Waals surface area contributed by atoms with E-state index in [0.717, 1.165) is 0 Å². The van der Waals surface area contributed by atoms with Gasteiger partial charge in [-0.2, -0.15) is 0 Å². The Morgan fingerprint density at radius 1 is 1.45 bits per heavy atom. The molecular formula is C8H12NO2+. The van der Waals surface area contributed by atoms with Crippen LogP contribution in [-0.2, 0) is 0 Å². The molecular weight excluding hydrogens is 142 g/mol. The van der Waals surface area contributed by atoms with E-state index in [1.54, 1.807) is 12.1 Å². The number of carbonyl (C=O) groups is 1. The van der Waals surface area contributed by atoms with Gasteiger partial charge in [0.05, 0.1) is 27.4 Å². The summed E-state index contributed by atoms with van der Waals surface area (Å²) in [5, 5.41) is 0. The first-order chi connectivity index (χ1) is 5.02. The van der Waals surface area contributed by atoms with Gasteiger partial charge >= 0.3 is 5.91 Å². The molecule has 1 amide bonds. The summed E-state index contributed by atoms with van der Waals surface area (Å²) < 4.78 is 5.21. The highest BCUT2D eigenvalue weighted by Crippen LogP contribution is 2.06. The van der Waals surface area contributed by atoms with E-state index < -0.39 is 0 Å². The third kappa shape index (κ3) is 1.68. The molecule has 1 rings (SSSR count). The van der Waals surface area contributed by atoms with E-state index in [2.05, 4.69) is 0 Å². The maximum absolute atomic E-state index is 11.4. The average Bonchev–Trinajstić information content (AvgIpc) is 2.34. The number of nitrogens with zero attached hydrogens (tertiary/aromatic N) is 1. The van der Waals surface area contributed by atoms with Gasteiger partial charge in [-0.1, -0.05) is 0 Å². The van der Waals surface area contributed by atoms with Crippen molar-refractivity contribution in [3.8, 4) is 0 Å². The van der Waals surface area contributed by atoms with Crippen molar-refractivity contribution in [1.82, 2.24) is 0 Å². The highest BCUT2D eigenvalue weighted by Gasteiger charge is 2.24. The molecule has 0 N–H and O–H groups in total. The van der Waals surface area contributed by atoms with Crippen LogP contribution in [0.25, 0.3) is 0 Å². The summed E-state index contributed by atoms with van der Waals surface area (Å²) in [6, 6.07) is 3.38. The monoisotopic (exact) mass is 154 g/mol. The van der Waals surface area contributed by atoms with Crippen LogP contribution in [0.5, 0.6) is 0 Å². The number of carbonyl (C=O) groups excluding carboxylic acids is 1. The minimum absolute atomic E-state index is 0.0185. The highest BCUT2D eigenvalue weighted by molar-refractivity contribution is 5.85. The van der Waals surface area contributed by atoms with Crippen LogP contribution in [0.1, 0.15) is 10.6 Å². The van der Waals surface area contributed by atoms with E-state index in [-0.39, 0.29) is 10.4 Å². The Morgan fingerprint density at radius 2 is 2.09 bits per heavy atom. The fourth-order valence-electron chi connectivity index (χ4n) is 0.731. The Morgan fingerprint density at radius 3 is 2.45 bits per heavy atom. The van der Waals surface area contributed by atoms with Crippen LogP contribution in [0.4, 0.5) is 0 Å². The fraction of sp³-hybridized carbons (Fsp3) is 0.375. The molecule has 0 aliphatic rings. The molecule has 3 heteroatoms. The normalized spacial score (nSPS) is 11.5. The zero-order chi connectivity index (χ0) is 8.48. The van der Waals surface area contributed by atoms with Crippen molar-refractivity contribution in [2.24, 2.45) is 0 Å². The molecule has 0 spiro atoms. The van der Waals surface area contributed by atoms with Crippen molar-refractivity contribution >= 4 is 5.91 Å². The zero-order valence-corrected chi connectivity index (χ0v) is 7.00. The summed E-state index contributed by atoms with van der Waals surface area (Å²) in [5.74, 6) is 0.396. The fourth-order valence-corrected chi connectivity index (χ4v) is 0.731. The van der Waals surface area contributed by atoms with E-state index in [1.165, 1.54) is 6.26 Å². The number of quaternary nitrogens is 1. The van der Waals surface area contributed by atoms with Crippen LogP contribution >= 0.6 is 0 Å². The molecule has 0 unspecified atom stereocenters. The molecule has 0 saturated heterocycles. The summed E-state index contributed by atoms with van der Waals surface area (Å²) >= 11 is 0. The van der Waals surface area contributed by atoms with E-state index in [4.69, 9.17) is 4.42 Å². The van der Waals surface area contributed by atoms with Gasteiger partial charge < -0.3 is 4.42 Å². The van der Waals surface area contributed by atoms with Crippen LogP contribution in [0, 0.1) is 0 Å². The number of hydrogen-bond donors (Lipinski definition) is 0. The molecule has 0 radical (unpaired) electrons. The molecule has 1 aromatic rings. The molecule has 3 nitrogen and oxygen atoms in total. The SMILES string of the molecule is C[N+](C)(C)C(=O)c1ccco1. The smallest absolute Gasteiger partial charge is 0.380 e. The molecule has 0 atom stereocenters. The van der Waals surface area contributed by atoms with Gasteiger partial charge in [0.25, 0.3) is 0 Å². The Labute approximate surface area is 65.8 Å². The predicted molar refractivity (Wildman–Crippen MR) is 41.1 cm³/mol. The van der Waals surface area contributed by atoms with E-state index in [1.807, 2.05) is 21.1 Å². The third-order valence-electron chi connectivity index (χ3n) is 1.34. The van der Waals surface area contributed by atoms with E-state index in [0.29, 0.717) is 5.76 Å². The summed E-state index contributed by atoms with van der Waals surface area (Å²) in [5.41, 5.74) is 0. The van der Waals surface area contributed by atoms with Gasteiger partial charge in [0.1, 0.15) is 0 Å². The molecule has 0 aromatic carbocycles. The molecule has 11 heavy (non-hydrogen) atoms. The lowest BCUT2D eigenvalue weighted by Crippen LogP contribution is -2.40. The van der Waals surface area contributed by atoms with Crippen molar-refractivity contribution in [3.63, 3.8) is 0 Å². The van der Waals surface area contributed by atoms with Gasteiger partial charge in [-0.15, -0.1) is 0 Å². The minimum Gasteiger partial charge on any atom is -0.455 e. The van der Waals surface area contributed by atoms with Gasteiger partial charge in [-0.05, 0) is 12.1 Å². The number of furan rings is 1. The molecule has 1 heterocycles. The Balaban J connectivity index is 2.88. The summed E-state index contributed by atoms with van der Waals surface area (Å²) in [6.07, 6.45) is 1.50. The van der Waals surface area contributed by atoms with Gasteiger partial charge in [0.2, 0.25) is 5.76 Å².